The summed E-state index contributed by atoms with van der Waals surface area (Å²) in [5.41, 5.74) is 4.64. The van der Waals surface area contributed by atoms with Crippen molar-refractivity contribution in [3.8, 4) is 0 Å². The van der Waals surface area contributed by atoms with Crippen molar-refractivity contribution >= 4 is 21.4 Å². The Morgan fingerprint density at radius 2 is 1.75 bits per heavy atom. The van der Waals surface area contributed by atoms with Crippen molar-refractivity contribution in [2.45, 2.75) is 4.90 Å². The molecule has 20 heavy (non-hydrogen) atoms. The van der Waals surface area contributed by atoms with Gasteiger partial charge in [-0.3, -0.25) is 9.29 Å². The van der Waals surface area contributed by atoms with Gasteiger partial charge in [0.15, 0.2) is 5.82 Å². The highest BCUT2D eigenvalue weighted by atomic mass is 32.2. The molecule has 0 atom stereocenters. The van der Waals surface area contributed by atoms with Gasteiger partial charge in [-0.2, -0.15) is 0 Å². The van der Waals surface area contributed by atoms with Crippen LogP contribution in [-0.4, -0.2) is 20.4 Å². The molecule has 8 heteroatoms. The minimum atomic E-state index is -4.18. The number of aromatic nitrogens is 1. The standard InChI is InChI=1S/C12H11F2N3O2S/c1-17(8-4-6-16-7-5-8)20(18,19)10-3-2-9(13)12(15)11(10)14/h2-7H,15H2,1H3. The van der Waals surface area contributed by atoms with Crippen LogP contribution >= 0.6 is 0 Å². The first kappa shape index (κ1) is 14.2. The van der Waals surface area contributed by atoms with E-state index < -0.39 is 32.2 Å². The zero-order valence-electron chi connectivity index (χ0n) is 10.4. The number of rotatable bonds is 3. The lowest BCUT2D eigenvalue weighted by molar-refractivity contribution is 0.554. The molecule has 2 aromatic rings. The van der Waals surface area contributed by atoms with Crippen molar-refractivity contribution in [3.05, 3.63) is 48.3 Å². The van der Waals surface area contributed by atoms with Gasteiger partial charge in [-0.1, -0.05) is 0 Å². The van der Waals surface area contributed by atoms with Gasteiger partial charge in [0.2, 0.25) is 0 Å². The number of halogens is 2. The molecule has 2 rings (SSSR count). The lowest BCUT2D eigenvalue weighted by Crippen LogP contribution is -2.27. The van der Waals surface area contributed by atoms with E-state index in [1.54, 1.807) is 0 Å². The Morgan fingerprint density at radius 3 is 2.35 bits per heavy atom. The first-order chi connectivity index (χ1) is 9.35. The second-order valence-corrected chi connectivity index (χ2v) is 5.89. The third-order valence-corrected chi connectivity index (χ3v) is 4.56. The molecule has 0 aliphatic heterocycles. The Balaban J connectivity index is 2.54. The van der Waals surface area contributed by atoms with Gasteiger partial charge in [-0.25, -0.2) is 17.2 Å². The van der Waals surface area contributed by atoms with Gasteiger partial charge in [0.1, 0.15) is 16.4 Å². The van der Waals surface area contributed by atoms with Crippen LogP contribution in [-0.2, 0) is 10.0 Å². The number of pyridine rings is 1. The summed E-state index contributed by atoms with van der Waals surface area (Å²) in [5, 5.41) is 0. The molecule has 0 radical (unpaired) electrons. The fourth-order valence-electron chi connectivity index (χ4n) is 1.59. The van der Waals surface area contributed by atoms with E-state index >= 15 is 0 Å². The van der Waals surface area contributed by atoms with E-state index in [9.17, 15) is 17.2 Å². The van der Waals surface area contributed by atoms with E-state index in [1.165, 1.54) is 31.6 Å². The molecule has 0 bridgehead atoms. The number of nitrogens with two attached hydrogens (primary N) is 1. The Hall–Kier alpha value is -2.22. The van der Waals surface area contributed by atoms with Crippen LogP contribution in [0.1, 0.15) is 0 Å². The van der Waals surface area contributed by atoms with Crippen molar-refractivity contribution < 1.29 is 17.2 Å². The first-order valence-corrected chi connectivity index (χ1v) is 6.92. The molecule has 5 nitrogen and oxygen atoms in total. The monoisotopic (exact) mass is 299 g/mol. The normalized spacial score (nSPS) is 11.3. The number of nitrogen functional groups attached to an aromatic ring is 1. The molecule has 0 aliphatic carbocycles. The third kappa shape index (κ3) is 2.29. The topological polar surface area (TPSA) is 76.3 Å². The molecule has 0 fully saturated rings. The second kappa shape index (κ2) is 5.04. The van der Waals surface area contributed by atoms with Crippen LogP contribution in [0.25, 0.3) is 0 Å². The summed E-state index contributed by atoms with van der Waals surface area (Å²) in [5.74, 6) is -2.31. The molecule has 0 amide bonds. The van der Waals surface area contributed by atoms with E-state index in [4.69, 9.17) is 5.73 Å². The predicted molar refractivity (Wildman–Crippen MR) is 70.6 cm³/mol. The highest BCUT2D eigenvalue weighted by Crippen LogP contribution is 2.27. The number of benzene rings is 1. The molecular weight excluding hydrogens is 288 g/mol. The second-order valence-electron chi connectivity index (χ2n) is 3.95. The molecule has 1 aromatic carbocycles. The molecule has 1 heterocycles. The molecule has 0 unspecified atom stereocenters. The number of nitrogens with zero attached hydrogens (tertiary/aromatic N) is 2. The Kier molecular flexibility index (Phi) is 3.58. The highest BCUT2D eigenvalue weighted by Gasteiger charge is 2.27. The number of hydrogen-bond acceptors (Lipinski definition) is 4. The maximum Gasteiger partial charge on any atom is 0.267 e. The zero-order valence-corrected chi connectivity index (χ0v) is 11.2. The number of hydrogen-bond donors (Lipinski definition) is 1. The summed E-state index contributed by atoms with van der Waals surface area (Å²) in [4.78, 5) is 3.08. The van der Waals surface area contributed by atoms with Crippen molar-refractivity contribution in [2.75, 3.05) is 17.1 Å². The van der Waals surface area contributed by atoms with Crippen LogP contribution in [0.3, 0.4) is 0 Å². The predicted octanol–water partition coefficient (Wildman–Crippen LogP) is 1.77. The summed E-state index contributed by atoms with van der Waals surface area (Å²) < 4.78 is 52.4. The van der Waals surface area contributed by atoms with Crippen LogP contribution in [0.4, 0.5) is 20.2 Å². The lowest BCUT2D eigenvalue weighted by atomic mass is 10.3. The summed E-state index contributed by atoms with van der Waals surface area (Å²) >= 11 is 0. The summed E-state index contributed by atoms with van der Waals surface area (Å²) in [6, 6.07) is 4.55. The Morgan fingerprint density at radius 1 is 1.15 bits per heavy atom. The van der Waals surface area contributed by atoms with Crippen molar-refractivity contribution in [2.24, 2.45) is 0 Å². The van der Waals surface area contributed by atoms with E-state index in [0.717, 1.165) is 16.4 Å². The van der Waals surface area contributed by atoms with Gasteiger partial charge in [-0.15, -0.1) is 0 Å². The SMILES string of the molecule is CN(c1ccncc1)S(=O)(=O)c1ccc(F)c(N)c1F. The molecule has 106 valence electrons. The molecule has 0 spiro atoms. The van der Waals surface area contributed by atoms with Crippen molar-refractivity contribution in [1.29, 1.82) is 0 Å². The van der Waals surface area contributed by atoms with Crippen LogP contribution in [0, 0.1) is 11.6 Å². The fraction of sp³-hybridized carbons (Fsp3) is 0.0833. The molecular formula is C12H11F2N3O2S. The molecule has 1 aromatic heterocycles. The third-order valence-electron chi connectivity index (χ3n) is 2.76. The highest BCUT2D eigenvalue weighted by molar-refractivity contribution is 7.92. The Labute approximate surface area is 114 Å². The zero-order chi connectivity index (χ0) is 14.9. The summed E-state index contributed by atoms with van der Waals surface area (Å²) in [7, 11) is -2.92. The molecule has 2 N–H and O–H groups in total. The van der Waals surface area contributed by atoms with E-state index in [-0.39, 0.29) is 0 Å². The minimum absolute atomic E-state index is 0.294. The largest absolute Gasteiger partial charge is 0.394 e. The molecule has 0 saturated heterocycles. The van der Waals surface area contributed by atoms with Crippen LogP contribution in [0.5, 0.6) is 0 Å². The van der Waals surface area contributed by atoms with E-state index in [0.29, 0.717) is 5.69 Å². The maximum absolute atomic E-state index is 13.9. The Bertz CT molecular complexity index is 736. The van der Waals surface area contributed by atoms with Crippen LogP contribution in [0.15, 0.2) is 41.6 Å². The number of sulfonamides is 1. The smallest absolute Gasteiger partial charge is 0.267 e. The average molecular weight is 299 g/mol. The summed E-state index contributed by atoms with van der Waals surface area (Å²) in [6.45, 7) is 0. The van der Waals surface area contributed by atoms with Crippen molar-refractivity contribution in [1.82, 2.24) is 4.98 Å². The summed E-state index contributed by atoms with van der Waals surface area (Å²) in [6.07, 6.45) is 2.80. The van der Waals surface area contributed by atoms with Crippen LogP contribution < -0.4 is 10.0 Å². The van der Waals surface area contributed by atoms with Gasteiger partial charge < -0.3 is 5.73 Å². The van der Waals surface area contributed by atoms with Gasteiger partial charge in [0.25, 0.3) is 10.0 Å². The first-order valence-electron chi connectivity index (χ1n) is 5.48. The molecule has 0 saturated carbocycles. The van der Waals surface area contributed by atoms with E-state index in [2.05, 4.69) is 4.98 Å². The van der Waals surface area contributed by atoms with Gasteiger partial charge in [-0.05, 0) is 24.3 Å². The lowest BCUT2D eigenvalue weighted by Gasteiger charge is -2.19. The van der Waals surface area contributed by atoms with Gasteiger partial charge in [0.05, 0.1) is 5.69 Å². The van der Waals surface area contributed by atoms with Crippen LogP contribution in [0.2, 0.25) is 0 Å². The van der Waals surface area contributed by atoms with Crippen molar-refractivity contribution in [3.63, 3.8) is 0 Å². The van der Waals surface area contributed by atoms with Gasteiger partial charge in [0, 0.05) is 19.4 Å². The maximum atomic E-state index is 13.9. The fourth-order valence-corrected chi connectivity index (χ4v) is 2.86. The molecule has 0 aliphatic rings. The quantitative estimate of drug-likeness (QED) is 0.876. The minimum Gasteiger partial charge on any atom is -0.394 e. The average Bonchev–Trinajstić information content (AvgIpc) is 2.44. The van der Waals surface area contributed by atoms with Gasteiger partial charge >= 0.3 is 0 Å². The number of anilines is 2. The van der Waals surface area contributed by atoms with E-state index in [1.807, 2.05) is 0 Å².